The number of amides is 2. The number of rotatable bonds is 6. The summed E-state index contributed by atoms with van der Waals surface area (Å²) in [5.74, 6) is 1.18. The van der Waals surface area contributed by atoms with Gasteiger partial charge in [-0.1, -0.05) is 0 Å². The van der Waals surface area contributed by atoms with Gasteiger partial charge in [-0.15, -0.1) is 10.2 Å². The fourth-order valence-electron chi connectivity index (χ4n) is 4.22. The second-order valence-electron chi connectivity index (χ2n) is 8.37. The fraction of sp³-hybridized carbons (Fsp3) is 0.789. The van der Waals surface area contributed by atoms with Crippen LogP contribution in [0.1, 0.15) is 51.3 Å². The molecule has 8 nitrogen and oxygen atoms in total. The number of piperidine rings is 1. The highest BCUT2D eigenvalue weighted by Crippen LogP contribution is 2.38. The summed E-state index contributed by atoms with van der Waals surface area (Å²) in [6.07, 6.45) is 6.44. The standard InChI is InChI=1S/C19H31N5O3/c1-19(27)11-14(12-19)18(26)24-9-7-15(8-10-24)23(3)17(25)6-4-5-16-21-20-13-22(16)2/h13-15,27H,4-12H2,1-3H3. The Bertz CT molecular complexity index is 671. The predicted molar refractivity (Wildman–Crippen MR) is 99.7 cm³/mol. The number of nitrogens with zero attached hydrogens (tertiary/aromatic N) is 5. The van der Waals surface area contributed by atoms with Crippen LogP contribution in [-0.4, -0.2) is 73.3 Å². The lowest BCUT2D eigenvalue weighted by molar-refractivity contribution is -0.151. The molecule has 2 fully saturated rings. The highest BCUT2D eigenvalue weighted by molar-refractivity contribution is 5.80. The van der Waals surface area contributed by atoms with Crippen LogP contribution in [0.2, 0.25) is 0 Å². The first-order valence-corrected chi connectivity index (χ1v) is 9.86. The van der Waals surface area contributed by atoms with Crippen molar-refractivity contribution in [3.05, 3.63) is 12.2 Å². The Morgan fingerprint density at radius 2 is 2.00 bits per heavy atom. The van der Waals surface area contributed by atoms with Crippen molar-refractivity contribution in [2.75, 3.05) is 20.1 Å². The molecule has 3 rings (SSSR count). The molecule has 2 aliphatic rings. The summed E-state index contributed by atoms with van der Waals surface area (Å²) in [6, 6.07) is 0.195. The molecule has 2 heterocycles. The molecule has 0 bridgehead atoms. The molecule has 150 valence electrons. The quantitative estimate of drug-likeness (QED) is 0.790. The number of carbonyl (C=O) groups is 2. The van der Waals surface area contributed by atoms with Crippen LogP contribution >= 0.6 is 0 Å². The van der Waals surface area contributed by atoms with Crippen molar-refractivity contribution in [3.63, 3.8) is 0 Å². The lowest BCUT2D eigenvalue weighted by atomic mass is 9.71. The van der Waals surface area contributed by atoms with Crippen LogP contribution in [0.5, 0.6) is 0 Å². The smallest absolute Gasteiger partial charge is 0.225 e. The molecule has 1 aromatic heterocycles. The van der Waals surface area contributed by atoms with Gasteiger partial charge in [0.05, 0.1) is 5.60 Å². The molecule has 1 saturated heterocycles. The molecule has 0 unspecified atom stereocenters. The molecule has 1 N–H and O–H groups in total. The Labute approximate surface area is 160 Å². The third-order valence-corrected chi connectivity index (χ3v) is 6.03. The van der Waals surface area contributed by atoms with E-state index in [4.69, 9.17) is 0 Å². The van der Waals surface area contributed by atoms with Gasteiger partial charge in [0.2, 0.25) is 11.8 Å². The van der Waals surface area contributed by atoms with Crippen molar-refractivity contribution in [2.45, 2.75) is 63.5 Å². The van der Waals surface area contributed by atoms with E-state index in [0.717, 1.165) is 31.5 Å². The topological polar surface area (TPSA) is 91.6 Å². The zero-order chi connectivity index (χ0) is 19.6. The van der Waals surface area contributed by atoms with Crippen molar-refractivity contribution in [3.8, 4) is 0 Å². The van der Waals surface area contributed by atoms with E-state index in [1.807, 2.05) is 28.5 Å². The van der Waals surface area contributed by atoms with Crippen LogP contribution in [-0.2, 0) is 23.1 Å². The van der Waals surface area contributed by atoms with Crippen molar-refractivity contribution in [2.24, 2.45) is 13.0 Å². The molecule has 27 heavy (non-hydrogen) atoms. The van der Waals surface area contributed by atoms with E-state index in [9.17, 15) is 14.7 Å². The van der Waals surface area contributed by atoms with Crippen LogP contribution in [0.4, 0.5) is 0 Å². The first-order valence-electron chi connectivity index (χ1n) is 9.86. The van der Waals surface area contributed by atoms with Crippen LogP contribution in [0.25, 0.3) is 0 Å². The molecule has 1 aromatic rings. The minimum absolute atomic E-state index is 0.0310. The summed E-state index contributed by atoms with van der Waals surface area (Å²) in [5.41, 5.74) is -0.670. The summed E-state index contributed by atoms with van der Waals surface area (Å²) >= 11 is 0. The Morgan fingerprint density at radius 1 is 1.33 bits per heavy atom. The van der Waals surface area contributed by atoms with Gasteiger partial charge in [-0.3, -0.25) is 9.59 Å². The second-order valence-corrected chi connectivity index (χ2v) is 8.37. The highest BCUT2D eigenvalue weighted by atomic mass is 16.3. The minimum atomic E-state index is -0.670. The zero-order valence-electron chi connectivity index (χ0n) is 16.6. The SMILES string of the molecule is CN(C(=O)CCCc1nncn1C)C1CCN(C(=O)C2CC(C)(O)C2)CC1. The molecule has 0 radical (unpaired) electrons. The van der Waals surface area contributed by atoms with E-state index in [0.29, 0.717) is 32.4 Å². The van der Waals surface area contributed by atoms with Crippen molar-refractivity contribution >= 4 is 11.8 Å². The molecule has 8 heteroatoms. The first kappa shape index (κ1) is 19.8. The molecular formula is C19H31N5O3. The van der Waals surface area contributed by atoms with Gasteiger partial charge >= 0.3 is 0 Å². The largest absolute Gasteiger partial charge is 0.390 e. The number of hydrogen-bond donors (Lipinski definition) is 1. The van der Waals surface area contributed by atoms with E-state index in [2.05, 4.69) is 10.2 Å². The van der Waals surface area contributed by atoms with Gasteiger partial charge < -0.3 is 19.5 Å². The monoisotopic (exact) mass is 377 g/mol. The van der Waals surface area contributed by atoms with E-state index < -0.39 is 5.60 Å². The Balaban J connectivity index is 1.38. The average Bonchev–Trinajstić information content (AvgIpc) is 3.03. The Morgan fingerprint density at radius 3 is 2.56 bits per heavy atom. The van der Waals surface area contributed by atoms with Crippen LogP contribution in [0.3, 0.4) is 0 Å². The molecule has 0 aromatic carbocycles. The number of carbonyl (C=O) groups excluding carboxylic acids is 2. The summed E-state index contributed by atoms with van der Waals surface area (Å²) in [4.78, 5) is 28.7. The lowest BCUT2D eigenvalue weighted by Crippen LogP contribution is -2.53. The van der Waals surface area contributed by atoms with Gasteiger partial charge in [-0.05, 0) is 39.0 Å². The van der Waals surface area contributed by atoms with Gasteiger partial charge in [0.1, 0.15) is 12.2 Å². The van der Waals surface area contributed by atoms with Crippen molar-refractivity contribution in [1.29, 1.82) is 0 Å². The summed E-state index contributed by atoms with van der Waals surface area (Å²) in [5, 5.41) is 17.7. The van der Waals surface area contributed by atoms with Gasteiger partial charge in [-0.2, -0.15) is 0 Å². The number of aliphatic hydroxyl groups is 1. The van der Waals surface area contributed by atoms with Crippen LogP contribution < -0.4 is 0 Å². The first-order chi connectivity index (χ1) is 12.8. The number of aryl methyl sites for hydroxylation is 2. The van der Waals surface area contributed by atoms with Gasteiger partial charge in [0.25, 0.3) is 0 Å². The number of aromatic nitrogens is 3. The van der Waals surface area contributed by atoms with Crippen LogP contribution in [0, 0.1) is 5.92 Å². The van der Waals surface area contributed by atoms with Crippen molar-refractivity contribution < 1.29 is 14.7 Å². The molecule has 2 amide bonds. The zero-order valence-corrected chi connectivity index (χ0v) is 16.6. The third-order valence-electron chi connectivity index (χ3n) is 6.03. The van der Waals surface area contributed by atoms with E-state index in [1.165, 1.54) is 0 Å². The Hall–Kier alpha value is -1.96. The van der Waals surface area contributed by atoms with E-state index >= 15 is 0 Å². The summed E-state index contributed by atoms with van der Waals surface area (Å²) in [6.45, 7) is 3.17. The third kappa shape index (κ3) is 4.66. The van der Waals surface area contributed by atoms with E-state index in [1.54, 1.807) is 13.3 Å². The van der Waals surface area contributed by atoms with Crippen LogP contribution in [0.15, 0.2) is 6.33 Å². The van der Waals surface area contributed by atoms with Gasteiger partial charge in [0.15, 0.2) is 0 Å². The van der Waals surface area contributed by atoms with E-state index in [-0.39, 0.29) is 23.8 Å². The number of likely N-dealkylation sites (tertiary alicyclic amines) is 1. The second kappa shape index (κ2) is 7.96. The average molecular weight is 377 g/mol. The molecule has 1 aliphatic carbocycles. The summed E-state index contributed by atoms with van der Waals surface area (Å²) in [7, 11) is 3.78. The molecular weight excluding hydrogens is 346 g/mol. The summed E-state index contributed by atoms with van der Waals surface area (Å²) < 4.78 is 1.88. The lowest BCUT2D eigenvalue weighted by Gasteiger charge is -2.44. The van der Waals surface area contributed by atoms with Crippen molar-refractivity contribution in [1.82, 2.24) is 24.6 Å². The van der Waals surface area contributed by atoms with Gasteiger partial charge in [-0.25, -0.2) is 0 Å². The highest BCUT2D eigenvalue weighted by Gasteiger charge is 2.44. The number of hydrogen-bond acceptors (Lipinski definition) is 5. The molecule has 0 spiro atoms. The predicted octanol–water partition coefficient (Wildman–Crippen LogP) is 0.748. The van der Waals surface area contributed by atoms with Gasteiger partial charge in [0, 0.05) is 52.0 Å². The maximum Gasteiger partial charge on any atom is 0.225 e. The molecule has 1 aliphatic heterocycles. The molecule has 1 saturated carbocycles. The normalized spacial score (nSPS) is 25.9. The Kier molecular flexibility index (Phi) is 5.83. The fourth-order valence-corrected chi connectivity index (χ4v) is 4.22. The molecule has 0 atom stereocenters. The maximum atomic E-state index is 12.5. The maximum absolute atomic E-state index is 12.5. The minimum Gasteiger partial charge on any atom is -0.390 e.